The zero-order valence-electron chi connectivity index (χ0n) is 48.0. The average molecular weight is 1030 g/mol. The lowest BCUT2D eigenvalue weighted by Gasteiger charge is -2.18. The number of esters is 3. The van der Waals surface area contributed by atoms with E-state index < -0.39 is 6.10 Å². The molecule has 6 heteroatoms. The highest BCUT2D eigenvalue weighted by Gasteiger charge is 2.19. The summed E-state index contributed by atoms with van der Waals surface area (Å²) in [5.41, 5.74) is 0. The van der Waals surface area contributed by atoms with Crippen molar-refractivity contribution in [3.05, 3.63) is 158 Å². The third-order valence-corrected chi connectivity index (χ3v) is 12.0. The van der Waals surface area contributed by atoms with Crippen molar-refractivity contribution >= 4 is 17.9 Å². The molecule has 75 heavy (non-hydrogen) atoms. The predicted octanol–water partition coefficient (Wildman–Crippen LogP) is 20.5. The molecule has 0 N–H and O–H groups in total. The molecule has 0 fully saturated rings. The topological polar surface area (TPSA) is 78.9 Å². The number of hydrogen-bond donors (Lipinski definition) is 0. The summed E-state index contributed by atoms with van der Waals surface area (Å²) in [6.45, 7) is 6.31. The number of ether oxygens (including phenoxy) is 3. The fraction of sp³-hybridized carbons (Fsp3) is 0.580. The Morgan fingerprint density at radius 1 is 0.280 bits per heavy atom. The fourth-order valence-corrected chi connectivity index (χ4v) is 7.61. The Labute approximate surface area is 460 Å². The first-order chi connectivity index (χ1) is 37.0. The van der Waals surface area contributed by atoms with Gasteiger partial charge >= 0.3 is 17.9 Å². The molecule has 0 aromatic heterocycles. The maximum Gasteiger partial charge on any atom is 0.306 e. The minimum absolute atomic E-state index is 0.110. The summed E-state index contributed by atoms with van der Waals surface area (Å²) >= 11 is 0. The molecule has 0 saturated heterocycles. The summed E-state index contributed by atoms with van der Waals surface area (Å²) < 4.78 is 16.8. The Morgan fingerprint density at radius 3 is 0.853 bits per heavy atom. The number of carbonyl (C=O) groups is 3. The van der Waals surface area contributed by atoms with E-state index in [1.165, 1.54) is 51.4 Å². The molecule has 0 aromatic carbocycles. The monoisotopic (exact) mass is 1030 g/mol. The maximum absolute atomic E-state index is 12.8. The molecule has 0 aliphatic rings. The van der Waals surface area contributed by atoms with Gasteiger partial charge in [0.2, 0.25) is 0 Å². The van der Waals surface area contributed by atoms with E-state index in [0.717, 1.165) is 141 Å². The zero-order chi connectivity index (χ0) is 54.3. The minimum atomic E-state index is -0.819. The number of unbranched alkanes of at least 4 members (excludes halogenated alkanes) is 15. The van der Waals surface area contributed by atoms with Crippen molar-refractivity contribution in [3.63, 3.8) is 0 Å². The van der Waals surface area contributed by atoms with Crippen LogP contribution < -0.4 is 0 Å². The molecule has 0 aliphatic carbocycles. The van der Waals surface area contributed by atoms with Crippen LogP contribution in [0.1, 0.15) is 239 Å². The standard InChI is InChI=1S/C69H108O6/c1-4-7-10-13-16-19-21-23-25-27-28-29-30-31-32-33-34-35-36-37-38-39-40-42-43-45-47-50-53-56-59-62-68(71)74-65-66(64-73-67(70)61-58-55-52-49-18-15-12-9-6-3)75-69(72)63-60-57-54-51-48-46-44-41-26-24-22-20-17-14-11-8-5-2/h7-8,10-11,16-17,19-20,23-26,28-29,31-32,34-35,37-38,40,42,44,46,51,54,66H,4-6,9,12-15,18,21-22,27,30,33,36,39,41,43,45,47-50,52-53,55-65H2,1-3H3/b10-7-,11-8-,19-16-,20-17-,25-23-,26-24-,29-28-,32-31-,35-34-,38-37-,42-40-,46-44-,54-51-. The lowest BCUT2D eigenvalue weighted by atomic mass is 10.1. The van der Waals surface area contributed by atoms with E-state index in [0.29, 0.717) is 19.3 Å². The Morgan fingerprint density at radius 2 is 0.533 bits per heavy atom. The Balaban J connectivity index is 4.34. The Hall–Kier alpha value is -4.97. The molecule has 0 bridgehead atoms. The van der Waals surface area contributed by atoms with Gasteiger partial charge < -0.3 is 14.2 Å². The van der Waals surface area contributed by atoms with Crippen LogP contribution in [-0.2, 0) is 28.6 Å². The molecule has 0 rings (SSSR count). The van der Waals surface area contributed by atoms with E-state index in [-0.39, 0.29) is 37.5 Å². The molecule has 6 nitrogen and oxygen atoms in total. The van der Waals surface area contributed by atoms with Crippen molar-refractivity contribution in [2.75, 3.05) is 13.2 Å². The molecule has 0 heterocycles. The van der Waals surface area contributed by atoms with Crippen molar-refractivity contribution in [2.45, 2.75) is 245 Å². The summed E-state index contributed by atoms with van der Waals surface area (Å²) in [6, 6.07) is 0. The van der Waals surface area contributed by atoms with Crippen LogP contribution >= 0.6 is 0 Å². The second-order valence-electron chi connectivity index (χ2n) is 19.1. The van der Waals surface area contributed by atoms with Crippen molar-refractivity contribution in [1.82, 2.24) is 0 Å². The van der Waals surface area contributed by atoms with Gasteiger partial charge in [0.15, 0.2) is 6.10 Å². The van der Waals surface area contributed by atoms with Gasteiger partial charge in [0.05, 0.1) is 0 Å². The van der Waals surface area contributed by atoms with Crippen LogP contribution in [0.15, 0.2) is 158 Å². The summed E-state index contributed by atoms with van der Waals surface area (Å²) in [4.78, 5) is 38.1. The second-order valence-corrected chi connectivity index (χ2v) is 19.1. The summed E-state index contributed by atoms with van der Waals surface area (Å²) in [5, 5.41) is 0. The van der Waals surface area contributed by atoms with Crippen LogP contribution in [0.25, 0.3) is 0 Å². The van der Waals surface area contributed by atoms with Crippen LogP contribution in [0.4, 0.5) is 0 Å². The van der Waals surface area contributed by atoms with E-state index >= 15 is 0 Å². The quantitative estimate of drug-likeness (QED) is 0.0261. The number of hydrogen-bond acceptors (Lipinski definition) is 6. The Bertz CT molecular complexity index is 1710. The number of allylic oxidation sites excluding steroid dienone is 26. The molecule has 0 aromatic rings. The highest BCUT2D eigenvalue weighted by Crippen LogP contribution is 2.13. The van der Waals surface area contributed by atoms with Crippen molar-refractivity contribution < 1.29 is 28.6 Å². The molecule has 0 saturated carbocycles. The van der Waals surface area contributed by atoms with Gasteiger partial charge in [-0.15, -0.1) is 0 Å². The highest BCUT2D eigenvalue weighted by atomic mass is 16.6. The number of carbonyl (C=O) groups excluding carboxylic acids is 3. The van der Waals surface area contributed by atoms with Gasteiger partial charge in [0.25, 0.3) is 0 Å². The normalized spacial score (nSPS) is 13.3. The van der Waals surface area contributed by atoms with Gasteiger partial charge in [-0.05, 0) is 122 Å². The van der Waals surface area contributed by atoms with Gasteiger partial charge in [0, 0.05) is 19.3 Å². The summed E-state index contributed by atoms with van der Waals surface area (Å²) in [6.07, 6.45) is 89.7. The van der Waals surface area contributed by atoms with E-state index in [4.69, 9.17) is 14.2 Å². The fourth-order valence-electron chi connectivity index (χ4n) is 7.61. The largest absolute Gasteiger partial charge is 0.462 e. The first-order valence-electron chi connectivity index (χ1n) is 30.0. The van der Waals surface area contributed by atoms with Crippen molar-refractivity contribution in [3.8, 4) is 0 Å². The lowest BCUT2D eigenvalue weighted by Crippen LogP contribution is -2.30. The van der Waals surface area contributed by atoms with Crippen molar-refractivity contribution in [2.24, 2.45) is 0 Å². The van der Waals surface area contributed by atoms with E-state index in [2.05, 4.69) is 179 Å². The molecular weight excluding hydrogens is 925 g/mol. The highest BCUT2D eigenvalue weighted by molar-refractivity contribution is 5.71. The summed E-state index contributed by atoms with van der Waals surface area (Å²) in [5.74, 6) is -0.995. The van der Waals surface area contributed by atoms with Crippen LogP contribution in [-0.4, -0.2) is 37.2 Å². The molecule has 420 valence electrons. The molecule has 1 atom stereocenters. The van der Waals surface area contributed by atoms with E-state index in [9.17, 15) is 14.4 Å². The van der Waals surface area contributed by atoms with Crippen LogP contribution in [0.3, 0.4) is 0 Å². The van der Waals surface area contributed by atoms with E-state index in [1.807, 2.05) is 0 Å². The molecule has 0 aliphatic heterocycles. The molecule has 0 amide bonds. The smallest absolute Gasteiger partial charge is 0.306 e. The molecule has 1 unspecified atom stereocenters. The van der Waals surface area contributed by atoms with Gasteiger partial charge in [-0.25, -0.2) is 0 Å². The van der Waals surface area contributed by atoms with Gasteiger partial charge in [-0.3, -0.25) is 14.4 Å². The Kier molecular flexibility index (Phi) is 57.5. The number of rotatable bonds is 52. The first-order valence-corrected chi connectivity index (χ1v) is 30.0. The average Bonchev–Trinajstić information content (AvgIpc) is 3.41. The van der Waals surface area contributed by atoms with Crippen LogP contribution in [0.5, 0.6) is 0 Å². The van der Waals surface area contributed by atoms with Crippen LogP contribution in [0, 0.1) is 0 Å². The molecule has 0 spiro atoms. The third-order valence-electron chi connectivity index (χ3n) is 12.0. The van der Waals surface area contributed by atoms with Crippen LogP contribution in [0.2, 0.25) is 0 Å². The van der Waals surface area contributed by atoms with Gasteiger partial charge in [-0.2, -0.15) is 0 Å². The van der Waals surface area contributed by atoms with E-state index in [1.54, 1.807) is 0 Å². The third kappa shape index (κ3) is 59.8. The SMILES string of the molecule is CC/C=C\C/C=C\C/C=C\C/C=C\C/C=C\C/C=C\C/C=C\C/C=C\CCCCCCCCC(=O)OCC(COC(=O)CCCCCCCCCCC)OC(=O)CCC/C=C\C/C=C\C/C=C\C/C=C\C/C=C\CC. The second kappa shape index (κ2) is 61.6. The molecular formula is C69H108O6. The van der Waals surface area contributed by atoms with Gasteiger partial charge in [0.1, 0.15) is 13.2 Å². The maximum atomic E-state index is 12.8. The predicted molar refractivity (Wildman–Crippen MR) is 325 cm³/mol. The zero-order valence-corrected chi connectivity index (χ0v) is 48.0. The van der Waals surface area contributed by atoms with Gasteiger partial charge in [-0.1, -0.05) is 256 Å². The molecule has 0 radical (unpaired) electrons. The van der Waals surface area contributed by atoms with Crippen molar-refractivity contribution in [1.29, 1.82) is 0 Å². The summed E-state index contributed by atoms with van der Waals surface area (Å²) in [7, 11) is 0. The first kappa shape index (κ1) is 70.0. The minimum Gasteiger partial charge on any atom is -0.462 e. The lowest BCUT2D eigenvalue weighted by molar-refractivity contribution is -0.167.